The van der Waals surface area contributed by atoms with Crippen LogP contribution in [0.5, 0.6) is 0 Å². The maximum absolute atomic E-state index is 5.91. The van der Waals surface area contributed by atoms with E-state index in [4.69, 9.17) is 32.5 Å². The lowest BCUT2D eigenvalue weighted by atomic mass is 9.89. The number of halogens is 2. The summed E-state index contributed by atoms with van der Waals surface area (Å²) in [5.41, 5.74) is 0.180. The Bertz CT molecular complexity index is 501. The molecule has 1 fully saturated rings. The van der Waals surface area contributed by atoms with Crippen molar-refractivity contribution in [1.82, 2.24) is 4.98 Å². The molecule has 0 bridgehead atoms. The molecule has 1 aliphatic rings. The zero-order valence-corrected chi connectivity index (χ0v) is 12.9. The molecule has 0 aliphatic carbocycles. The topological polar surface area (TPSA) is 31.4 Å². The molecule has 1 aromatic heterocycles. The summed E-state index contributed by atoms with van der Waals surface area (Å²) in [4.78, 5) is 3.98. The van der Waals surface area contributed by atoms with Crippen molar-refractivity contribution in [2.45, 2.75) is 38.9 Å². The molecule has 3 nitrogen and oxygen atoms in total. The highest BCUT2D eigenvalue weighted by Gasteiger charge is 2.49. The Kier molecular flexibility index (Phi) is 3.98. The fraction of sp³-hybridized carbons (Fsp3) is 0.462. The lowest BCUT2D eigenvalue weighted by Gasteiger charge is -2.32. The van der Waals surface area contributed by atoms with Crippen molar-refractivity contribution in [3.05, 3.63) is 34.0 Å². The van der Waals surface area contributed by atoms with E-state index in [9.17, 15) is 0 Å². The molecule has 102 valence electrons. The van der Waals surface area contributed by atoms with Gasteiger partial charge in [0, 0.05) is 6.20 Å². The van der Waals surface area contributed by atoms with Gasteiger partial charge < -0.3 is 9.31 Å². The van der Waals surface area contributed by atoms with Gasteiger partial charge in [-0.25, -0.2) is 4.98 Å². The standard InChI is InChI=1S/C13H16BCl2NO2/c1-12(2)13(3,4)19-14(18-12)6-5-9-7-10(15)11(16)17-8-9/h5-8H,1-4H3/b6-5+. The van der Waals surface area contributed by atoms with E-state index in [0.29, 0.717) is 10.2 Å². The van der Waals surface area contributed by atoms with Gasteiger partial charge in [-0.05, 0) is 39.3 Å². The molecule has 2 heterocycles. The lowest BCUT2D eigenvalue weighted by molar-refractivity contribution is 0.00578. The van der Waals surface area contributed by atoms with Crippen LogP contribution in [0.4, 0.5) is 0 Å². The van der Waals surface area contributed by atoms with Gasteiger partial charge in [0.25, 0.3) is 0 Å². The summed E-state index contributed by atoms with van der Waals surface area (Å²) in [5, 5.41) is 0.729. The van der Waals surface area contributed by atoms with E-state index in [-0.39, 0.29) is 18.3 Å². The van der Waals surface area contributed by atoms with Crippen molar-refractivity contribution in [1.29, 1.82) is 0 Å². The van der Waals surface area contributed by atoms with Crippen molar-refractivity contribution >= 4 is 36.4 Å². The third-order valence-electron chi connectivity index (χ3n) is 3.53. The van der Waals surface area contributed by atoms with Crippen molar-refractivity contribution in [3.63, 3.8) is 0 Å². The molecule has 0 radical (unpaired) electrons. The Labute approximate surface area is 124 Å². The first kappa shape index (κ1) is 14.9. The number of aromatic nitrogens is 1. The van der Waals surface area contributed by atoms with Gasteiger partial charge in [-0.2, -0.15) is 0 Å². The second kappa shape index (κ2) is 5.10. The van der Waals surface area contributed by atoms with Crippen LogP contribution < -0.4 is 0 Å². The average Bonchev–Trinajstić information content (AvgIpc) is 2.49. The largest absolute Gasteiger partial charge is 0.487 e. The number of hydrogen-bond donors (Lipinski definition) is 0. The van der Waals surface area contributed by atoms with E-state index < -0.39 is 0 Å². The maximum Gasteiger partial charge on any atom is 0.487 e. The fourth-order valence-electron chi connectivity index (χ4n) is 1.68. The van der Waals surface area contributed by atoms with Crippen LogP contribution in [-0.4, -0.2) is 23.3 Å². The molecule has 0 N–H and O–H groups in total. The summed E-state index contributed by atoms with van der Waals surface area (Å²) >= 11 is 11.7. The Morgan fingerprint density at radius 1 is 1.16 bits per heavy atom. The number of hydrogen-bond acceptors (Lipinski definition) is 3. The van der Waals surface area contributed by atoms with E-state index in [2.05, 4.69) is 4.98 Å². The summed E-state index contributed by atoms with van der Waals surface area (Å²) in [6, 6.07) is 1.75. The first-order chi connectivity index (χ1) is 8.71. The molecular formula is C13H16BCl2NO2. The van der Waals surface area contributed by atoms with Crippen LogP contribution in [0.2, 0.25) is 10.2 Å². The third-order valence-corrected chi connectivity index (χ3v) is 4.22. The highest BCUT2D eigenvalue weighted by molar-refractivity contribution is 6.52. The zero-order chi connectivity index (χ0) is 14.3. The van der Waals surface area contributed by atoms with Crippen LogP contribution in [-0.2, 0) is 9.31 Å². The van der Waals surface area contributed by atoms with Gasteiger partial charge in [0.05, 0.1) is 16.2 Å². The van der Waals surface area contributed by atoms with E-state index in [1.54, 1.807) is 12.3 Å². The Morgan fingerprint density at radius 3 is 2.26 bits per heavy atom. The molecule has 19 heavy (non-hydrogen) atoms. The normalized spacial score (nSPS) is 21.3. The smallest absolute Gasteiger partial charge is 0.400 e. The van der Waals surface area contributed by atoms with Gasteiger partial charge in [-0.1, -0.05) is 35.3 Å². The first-order valence-corrected chi connectivity index (χ1v) is 6.82. The van der Waals surface area contributed by atoms with Crippen LogP contribution in [0.25, 0.3) is 6.08 Å². The van der Waals surface area contributed by atoms with Crippen LogP contribution in [0.15, 0.2) is 18.2 Å². The summed E-state index contributed by atoms with van der Waals surface area (Å²) in [7, 11) is -0.376. The predicted octanol–water partition coefficient (Wildman–Crippen LogP) is 4.03. The van der Waals surface area contributed by atoms with E-state index in [1.165, 1.54) is 0 Å². The fourth-order valence-corrected chi connectivity index (χ4v) is 1.96. The molecule has 1 saturated heterocycles. The van der Waals surface area contributed by atoms with Crippen molar-refractivity contribution in [3.8, 4) is 0 Å². The third kappa shape index (κ3) is 3.14. The lowest BCUT2D eigenvalue weighted by Crippen LogP contribution is -2.41. The number of nitrogens with zero attached hydrogens (tertiary/aromatic N) is 1. The van der Waals surface area contributed by atoms with Crippen LogP contribution in [0.3, 0.4) is 0 Å². The minimum Gasteiger partial charge on any atom is -0.400 e. The minimum atomic E-state index is -0.376. The van der Waals surface area contributed by atoms with Crippen molar-refractivity contribution in [2.24, 2.45) is 0 Å². The summed E-state index contributed by atoms with van der Waals surface area (Å²) in [6.07, 6.45) is 3.51. The summed E-state index contributed by atoms with van der Waals surface area (Å²) in [6.45, 7) is 8.06. The van der Waals surface area contributed by atoms with Gasteiger partial charge in [0.1, 0.15) is 5.15 Å². The molecular weight excluding hydrogens is 284 g/mol. The minimum absolute atomic E-state index is 0.300. The molecule has 0 aromatic carbocycles. The van der Waals surface area contributed by atoms with Crippen molar-refractivity contribution < 1.29 is 9.31 Å². The second-order valence-electron chi connectivity index (χ2n) is 5.53. The highest BCUT2D eigenvalue weighted by atomic mass is 35.5. The zero-order valence-electron chi connectivity index (χ0n) is 11.4. The van der Waals surface area contributed by atoms with Gasteiger partial charge in [0.2, 0.25) is 0 Å². The van der Waals surface area contributed by atoms with Gasteiger partial charge in [0.15, 0.2) is 0 Å². The van der Waals surface area contributed by atoms with Crippen LogP contribution >= 0.6 is 23.2 Å². The van der Waals surface area contributed by atoms with E-state index >= 15 is 0 Å². The number of pyridine rings is 1. The molecule has 1 aromatic rings. The van der Waals surface area contributed by atoms with Crippen molar-refractivity contribution in [2.75, 3.05) is 0 Å². The SMILES string of the molecule is CC1(C)OB(/C=C/c2cnc(Cl)c(Cl)c2)OC1(C)C. The van der Waals surface area contributed by atoms with E-state index in [0.717, 1.165) is 5.56 Å². The number of rotatable bonds is 2. The molecule has 2 rings (SSSR count). The summed E-state index contributed by atoms with van der Waals surface area (Å²) < 4.78 is 11.7. The monoisotopic (exact) mass is 299 g/mol. The van der Waals surface area contributed by atoms with Crippen LogP contribution in [0.1, 0.15) is 33.3 Å². The van der Waals surface area contributed by atoms with Gasteiger partial charge in [-0.15, -0.1) is 0 Å². The molecule has 1 aliphatic heterocycles. The molecule has 0 saturated carbocycles. The molecule has 0 amide bonds. The Morgan fingerprint density at radius 2 is 1.74 bits per heavy atom. The Balaban J connectivity index is 2.10. The van der Waals surface area contributed by atoms with Gasteiger partial charge in [-0.3, -0.25) is 0 Å². The Hall–Kier alpha value is -0.545. The molecule has 6 heteroatoms. The molecule has 0 unspecified atom stereocenters. The quantitative estimate of drug-likeness (QED) is 0.610. The molecule has 0 atom stereocenters. The highest BCUT2D eigenvalue weighted by Crippen LogP contribution is 2.37. The molecule has 0 spiro atoms. The predicted molar refractivity (Wildman–Crippen MR) is 79.4 cm³/mol. The first-order valence-electron chi connectivity index (χ1n) is 6.06. The van der Waals surface area contributed by atoms with Gasteiger partial charge >= 0.3 is 7.12 Å². The maximum atomic E-state index is 5.91. The van der Waals surface area contributed by atoms with Crippen LogP contribution in [0, 0.1) is 0 Å². The average molecular weight is 300 g/mol. The summed E-state index contributed by atoms with van der Waals surface area (Å²) in [5.74, 6) is 1.84. The second-order valence-corrected chi connectivity index (χ2v) is 6.29. The van der Waals surface area contributed by atoms with E-state index in [1.807, 2.05) is 39.7 Å².